The molecule has 162 valence electrons. The van der Waals surface area contributed by atoms with Gasteiger partial charge in [-0.3, -0.25) is 0 Å². The minimum absolute atomic E-state index is 0.457. The van der Waals surface area contributed by atoms with Crippen LogP contribution in [0.25, 0.3) is 55.3 Å². The third-order valence-corrected chi connectivity index (χ3v) is 6.29. The summed E-state index contributed by atoms with van der Waals surface area (Å²) >= 11 is 0. The first-order valence-corrected chi connectivity index (χ1v) is 11.3. The molecule has 6 rings (SSSR count). The molecule has 0 aliphatic heterocycles. The average Bonchev–Trinajstić information content (AvgIpc) is 3.32. The third-order valence-electron chi connectivity index (χ3n) is 6.29. The highest BCUT2D eigenvalue weighted by Gasteiger charge is 2.18. The largest absolute Gasteiger partial charge is 0.455 e. The predicted octanol–water partition coefficient (Wildman–Crippen LogP) is 8.33. The number of furan rings is 1. The lowest BCUT2D eigenvalue weighted by atomic mass is 9.93. The second-order valence-electron chi connectivity index (χ2n) is 8.44. The summed E-state index contributed by atoms with van der Waals surface area (Å²) in [7, 11) is 0. The zero-order chi connectivity index (χ0) is 23.8. The summed E-state index contributed by atoms with van der Waals surface area (Å²) < 4.78 is 6.47. The van der Waals surface area contributed by atoms with E-state index in [9.17, 15) is 10.5 Å². The second-order valence-corrected chi connectivity index (χ2v) is 8.44. The second kappa shape index (κ2) is 8.34. The van der Waals surface area contributed by atoms with Crippen molar-refractivity contribution >= 4 is 21.9 Å². The van der Waals surface area contributed by atoms with Gasteiger partial charge in [-0.05, 0) is 64.2 Å². The van der Waals surface area contributed by atoms with Gasteiger partial charge in [-0.25, -0.2) is 0 Å². The summed E-state index contributed by atoms with van der Waals surface area (Å²) in [6.45, 7) is 0. The maximum absolute atomic E-state index is 9.52. The van der Waals surface area contributed by atoms with Crippen molar-refractivity contribution in [1.82, 2.24) is 0 Å². The van der Waals surface area contributed by atoms with E-state index in [0.29, 0.717) is 11.1 Å². The van der Waals surface area contributed by atoms with Crippen LogP contribution in [-0.4, -0.2) is 0 Å². The van der Waals surface area contributed by atoms with Crippen LogP contribution in [0.1, 0.15) is 11.1 Å². The molecule has 0 N–H and O–H groups in total. The fraction of sp³-hybridized carbons (Fsp3) is 0. The first-order chi connectivity index (χ1) is 17.2. The van der Waals surface area contributed by atoms with Crippen molar-refractivity contribution in [2.45, 2.75) is 0 Å². The summed E-state index contributed by atoms with van der Waals surface area (Å²) in [4.78, 5) is 0. The highest BCUT2D eigenvalue weighted by Crippen LogP contribution is 2.43. The van der Waals surface area contributed by atoms with Crippen molar-refractivity contribution < 1.29 is 4.42 Å². The van der Waals surface area contributed by atoms with Gasteiger partial charge in [0, 0.05) is 16.3 Å². The average molecular weight is 447 g/mol. The van der Waals surface area contributed by atoms with Gasteiger partial charge in [-0.1, -0.05) is 72.8 Å². The minimum Gasteiger partial charge on any atom is -0.455 e. The fourth-order valence-electron chi connectivity index (χ4n) is 4.71. The molecule has 0 fully saturated rings. The number of hydrogen-bond donors (Lipinski definition) is 0. The molecular weight excluding hydrogens is 428 g/mol. The van der Waals surface area contributed by atoms with Crippen LogP contribution in [0, 0.1) is 22.7 Å². The van der Waals surface area contributed by atoms with Crippen molar-refractivity contribution in [3.8, 4) is 45.5 Å². The molecule has 6 aromatic rings. The summed E-state index contributed by atoms with van der Waals surface area (Å²) in [5.74, 6) is 0. The van der Waals surface area contributed by atoms with Gasteiger partial charge in [0.2, 0.25) is 0 Å². The minimum atomic E-state index is 0.457. The van der Waals surface area contributed by atoms with E-state index >= 15 is 0 Å². The van der Waals surface area contributed by atoms with Gasteiger partial charge in [0.1, 0.15) is 11.2 Å². The van der Waals surface area contributed by atoms with Crippen molar-refractivity contribution in [1.29, 1.82) is 10.5 Å². The Bertz CT molecular complexity index is 1770. The van der Waals surface area contributed by atoms with Crippen LogP contribution < -0.4 is 0 Å². The number of hydrogen-bond acceptors (Lipinski definition) is 3. The maximum atomic E-state index is 9.52. The quantitative estimate of drug-likeness (QED) is 0.274. The van der Waals surface area contributed by atoms with Crippen LogP contribution in [0.15, 0.2) is 114 Å². The lowest BCUT2D eigenvalue weighted by Crippen LogP contribution is -1.86. The molecule has 0 bridgehead atoms. The van der Waals surface area contributed by atoms with Gasteiger partial charge in [0.15, 0.2) is 0 Å². The molecule has 3 heteroatoms. The molecule has 1 heterocycles. The Morgan fingerprint density at radius 3 is 1.83 bits per heavy atom. The van der Waals surface area contributed by atoms with E-state index in [4.69, 9.17) is 4.42 Å². The van der Waals surface area contributed by atoms with E-state index in [0.717, 1.165) is 55.3 Å². The Balaban J connectivity index is 1.73. The molecule has 0 amide bonds. The Hall–Kier alpha value is -5.12. The lowest BCUT2D eigenvalue weighted by molar-refractivity contribution is 0.670. The number of nitrogens with zero attached hydrogens (tertiary/aromatic N) is 2. The van der Waals surface area contributed by atoms with Gasteiger partial charge in [0.05, 0.1) is 23.3 Å². The standard InChI is InChI=1S/C32H18N2O/c33-19-21-14-22(20-34)16-26(15-21)27-12-7-13-30-31(27)29-18-25(23-8-3-1-4-9-23)17-28(32(29)35-30)24-10-5-2-6-11-24/h1-18H. The van der Waals surface area contributed by atoms with E-state index in [-0.39, 0.29) is 0 Å². The van der Waals surface area contributed by atoms with Gasteiger partial charge in [-0.2, -0.15) is 10.5 Å². The molecule has 0 saturated heterocycles. The smallest absolute Gasteiger partial charge is 0.143 e. The molecule has 0 aliphatic carbocycles. The van der Waals surface area contributed by atoms with Crippen LogP contribution in [0.2, 0.25) is 0 Å². The lowest BCUT2D eigenvalue weighted by Gasteiger charge is -2.09. The van der Waals surface area contributed by atoms with E-state index in [2.05, 4.69) is 48.5 Å². The first kappa shape index (κ1) is 20.5. The fourth-order valence-corrected chi connectivity index (χ4v) is 4.71. The zero-order valence-corrected chi connectivity index (χ0v) is 18.7. The van der Waals surface area contributed by atoms with Gasteiger partial charge in [0.25, 0.3) is 0 Å². The Morgan fingerprint density at radius 2 is 1.17 bits per heavy atom. The Kier molecular flexibility index (Phi) is 4.88. The summed E-state index contributed by atoms with van der Waals surface area (Å²) in [5, 5.41) is 21.0. The van der Waals surface area contributed by atoms with Crippen LogP contribution >= 0.6 is 0 Å². The molecule has 0 atom stereocenters. The normalized spacial score (nSPS) is 10.8. The number of rotatable bonds is 3. The number of benzene rings is 5. The molecule has 0 spiro atoms. The van der Waals surface area contributed by atoms with E-state index < -0.39 is 0 Å². The number of nitriles is 2. The van der Waals surface area contributed by atoms with E-state index in [1.54, 1.807) is 6.07 Å². The molecule has 0 saturated carbocycles. The summed E-state index contributed by atoms with van der Waals surface area (Å²) in [6.07, 6.45) is 0. The molecule has 0 unspecified atom stereocenters. The molecule has 5 aromatic carbocycles. The van der Waals surface area contributed by atoms with Crippen molar-refractivity contribution in [3.05, 3.63) is 120 Å². The topological polar surface area (TPSA) is 60.7 Å². The van der Waals surface area contributed by atoms with Crippen LogP contribution in [0.5, 0.6) is 0 Å². The molecular formula is C32H18N2O. The van der Waals surface area contributed by atoms with Crippen LogP contribution in [0.4, 0.5) is 0 Å². The zero-order valence-electron chi connectivity index (χ0n) is 18.7. The monoisotopic (exact) mass is 446 g/mol. The number of fused-ring (bicyclic) bond motifs is 3. The SMILES string of the molecule is N#Cc1cc(C#N)cc(-c2cccc3oc4c(-c5ccccc5)cc(-c5ccccc5)cc4c23)c1. The van der Waals surface area contributed by atoms with Crippen molar-refractivity contribution in [2.75, 3.05) is 0 Å². The van der Waals surface area contributed by atoms with Gasteiger partial charge < -0.3 is 4.42 Å². The van der Waals surface area contributed by atoms with Gasteiger partial charge in [-0.15, -0.1) is 0 Å². The molecule has 1 aromatic heterocycles. The predicted molar refractivity (Wildman–Crippen MR) is 139 cm³/mol. The molecule has 0 radical (unpaired) electrons. The van der Waals surface area contributed by atoms with Crippen LogP contribution in [-0.2, 0) is 0 Å². The van der Waals surface area contributed by atoms with E-state index in [1.165, 1.54) is 0 Å². The Labute approximate surface area is 202 Å². The summed E-state index contributed by atoms with van der Waals surface area (Å²) in [5.41, 5.74) is 8.56. The Morgan fingerprint density at radius 1 is 0.514 bits per heavy atom. The maximum Gasteiger partial charge on any atom is 0.143 e. The molecule has 3 nitrogen and oxygen atoms in total. The van der Waals surface area contributed by atoms with Crippen molar-refractivity contribution in [2.24, 2.45) is 0 Å². The van der Waals surface area contributed by atoms with Crippen LogP contribution in [0.3, 0.4) is 0 Å². The summed E-state index contributed by atoms with van der Waals surface area (Å²) in [6, 6.07) is 40.5. The highest BCUT2D eigenvalue weighted by molar-refractivity contribution is 6.16. The highest BCUT2D eigenvalue weighted by atomic mass is 16.3. The van der Waals surface area contributed by atoms with Gasteiger partial charge >= 0.3 is 0 Å². The first-order valence-electron chi connectivity index (χ1n) is 11.3. The van der Waals surface area contributed by atoms with Crippen molar-refractivity contribution in [3.63, 3.8) is 0 Å². The third kappa shape index (κ3) is 3.53. The molecule has 35 heavy (non-hydrogen) atoms. The van der Waals surface area contributed by atoms with E-state index in [1.807, 2.05) is 66.7 Å². The molecule has 0 aliphatic rings.